The largest absolute Gasteiger partial charge is 0.451 e. The lowest BCUT2D eigenvalue weighted by molar-refractivity contribution is 0.0888. The monoisotopic (exact) mass is 372 g/mol. The highest BCUT2D eigenvalue weighted by Gasteiger charge is 2.24. The van der Waals surface area contributed by atoms with Crippen LogP contribution in [0.15, 0.2) is 33.2 Å². The summed E-state index contributed by atoms with van der Waals surface area (Å²) in [6.07, 6.45) is 0.957. The van der Waals surface area contributed by atoms with Crippen LogP contribution in [-0.2, 0) is 0 Å². The van der Waals surface area contributed by atoms with Crippen molar-refractivity contribution in [2.45, 2.75) is 19.4 Å². The van der Waals surface area contributed by atoms with Crippen LogP contribution < -0.4 is 10.6 Å². The van der Waals surface area contributed by atoms with E-state index in [1.54, 1.807) is 6.07 Å². The van der Waals surface area contributed by atoms with Crippen molar-refractivity contribution in [3.63, 3.8) is 0 Å². The summed E-state index contributed by atoms with van der Waals surface area (Å²) in [7, 11) is 0. The fourth-order valence-corrected chi connectivity index (χ4v) is 2.97. The first-order valence-electron chi connectivity index (χ1n) is 6.84. The van der Waals surface area contributed by atoms with Gasteiger partial charge in [-0.1, -0.05) is 22.9 Å². The summed E-state index contributed by atoms with van der Waals surface area (Å²) in [6, 6.07) is 7.72. The zero-order chi connectivity index (χ0) is 14.1. The summed E-state index contributed by atoms with van der Waals surface area (Å²) in [5, 5.41) is 7.33. The Morgan fingerprint density at radius 3 is 3.00 bits per heavy atom. The molecule has 1 aliphatic rings. The van der Waals surface area contributed by atoms with Gasteiger partial charge in [0.25, 0.3) is 5.91 Å². The molecule has 0 aliphatic carbocycles. The fraction of sp³-hybridized carbons (Fsp3) is 0.400. The normalized spacial score (nSPS) is 21.8. The first-order valence-corrected chi connectivity index (χ1v) is 7.63. The zero-order valence-corrected chi connectivity index (χ0v) is 14.1. The molecule has 2 unspecified atom stereocenters. The molecule has 0 spiro atoms. The second-order valence-corrected chi connectivity index (χ2v) is 6.26. The molecular formula is C15H18BrClN2O2. The first-order chi connectivity index (χ1) is 9.63. The number of rotatable bonds is 2. The van der Waals surface area contributed by atoms with Crippen LogP contribution in [0.5, 0.6) is 0 Å². The Morgan fingerprint density at radius 1 is 1.43 bits per heavy atom. The SMILES string of the molecule is CC1CNCCC1NC(=O)c1cc2cc(Br)ccc2o1.Cl. The summed E-state index contributed by atoms with van der Waals surface area (Å²) >= 11 is 3.42. The van der Waals surface area contributed by atoms with Crippen molar-refractivity contribution >= 4 is 45.2 Å². The maximum absolute atomic E-state index is 12.3. The average Bonchev–Trinajstić information content (AvgIpc) is 2.84. The molecule has 2 atom stereocenters. The molecule has 2 N–H and O–H groups in total. The maximum Gasteiger partial charge on any atom is 0.287 e. The van der Waals surface area contributed by atoms with Crippen LogP contribution in [0.4, 0.5) is 0 Å². The van der Waals surface area contributed by atoms with E-state index in [2.05, 4.69) is 33.5 Å². The van der Waals surface area contributed by atoms with E-state index < -0.39 is 0 Å². The molecule has 1 amide bonds. The van der Waals surface area contributed by atoms with Gasteiger partial charge in [0.1, 0.15) is 5.58 Å². The number of fused-ring (bicyclic) bond motifs is 1. The smallest absolute Gasteiger partial charge is 0.287 e. The van der Waals surface area contributed by atoms with Gasteiger partial charge in [0.2, 0.25) is 0 Å². The number of halogens is 2. The maximum atomic E-state index is 12.3. The number of piperidine rings is 1. The molecule has 3 rings (SSSR count). The van der Waals surface area contributed by atoms with Crippen molar-refractivity contribution < 1.29 is 9.21 Å². The molecule has 1 aliphatic heterocycles. The van der Waals surface area contributed by atoms with Crippen LogP contribution >= 0.6 is 28.3 Å². The van der Waals surface area contributed by atoms with Gasteiger partial charge in [0, 0.05) is 15.9 Å². The van der Waals surface area contributed by atoms with Crippen molar-refractivity contribution in [1.82, 2.24) is 10.6 Å². The molecule has 1 saturated heterocycles. The minimum Gasteiger partial charge on any atom is -0.451 e. The van der Waals surface area contributed by atoms with E-state index in [1.807, 2.05) is 18.2 Å². The van der Waals surface area contributed by atoms with Crippen LogP contribution in [0, 0.1) is 5.92 Å². The number of hydrogen-bond acceptors (Lipinski definition) is 3. The molecule has 1 aromatic carbocycles. The summed E-state index contributed by atoms with van der Waals surface area (Å²) < 4.78 is 6.59. The van der Waals surface area contributed by atoms with Gasteiger partial charge in [-0.3, -0.25) is 4.79 Å². The fourth-order valence-electron chi connectivity index (χ4n) is 2.59. The molecule has 0 saturated carbocycles. The number of benzene rings is 1. The average molecular weight is 374 g/mol. The standard InChI is InChI=1S/C15H17BrN2O2.ClH/c1-9-8-17-5-4-12(9)18-15(19)14-7-10-6-11(16)2-3-13(10)20-14;/h2-3,6-7,9,12,17H,4-5,8H2,1H3,(H,18,19);1H. The molecule has 2 heterocycles. The van der Waals surface area contributed by atoms with Gasteiger partial charge in [0.05, 0.1) is 0 Å². The number of furan rings is 1. The van der Waals surface area contributed by atoms with Crippen LogP contribution in [-0.4, -0.2) is 25.0 Å². The number of carbonyl (C=O) groups is 1. The van der Waals surface area contributed by atoms with E-state index in [9.17, 15) is 4.79 Å². The lowest BCUT2D eigenvalue weighted by atomic mass is 9.95. The Labute approximate surface area is 138 Å². The Balaban J connectivity index is 0.00000161. The molecule has 0 bridgehead atoms. The minimum absolute atomic E-state index is 0. The van der Waals surface area contributed by atoms with E-state index in [0.717, 1.165) is 35.0 Å². The highest BCUT2D eigenvalue weighted by atomic mass is 79.9. The Kier molecular flexibility index (Phi) is 5.30. The third-order valence-corrected chi connectivity index (χ3v) is 4.30. The van der Waals surface area contributed by atoms with E-state index in [1.165, 1.54) is 0 Å². The van der Waals surface area contributed by atoms with Gasteiger partial charge in [0.15, 0.2) is 5.76 Å². The quantitative estimate of drug-likeness (QED) is 0.849. The molecule has 6 heteroatoms. The zero-order valence-electron chi connectivity index (χ0n) is 11.7. The molecule has 21 heavy (non-hydrogen) atoms. The molecule has 1 aromatic heterocycles. The van der Waals surface area contributed by atoms with Crippen molar-refractivity contribution in [3.05, 3.63) is 34.5 Å². The van der Waals surface area contributed by atoms with E-state index in [-0.39, 0.29) is 24.4 Å². The van der Waals surface area contributed by atoms with Gasteiger partial charge in [-0.15, -0.1) is 12.4 Å². The Morgan fingerprint density at radius 2 is 2.24 bits per heavy atom. The lowest BCUT2D eigenvalue weighted by Crippen LogP contribution is -2.48. The second kappa shape index (κ2) is 6.81. The molecule has 1 fully saturated rings. The van der Waals surface area contributed by atoms with E-state index >= 15 is 0 Å². The van der Waals surface area contributed by atoms with Gasteiger partial charge >= 0.3 is 0 Å². The number of nitrogens with one attached hydrogen (secondary N) is 2. The number of amides is 1. The van der Waals surface area contributed by atoms with Gasteiger partial charge in [-0.25, -0.2) is 0 Å². The second-order valence-electron chi connectivity index (χ2n) is 5.34. The van der Waals surface area contributed by atoms with Crippen molar-refractivity contribution in [2.24, 2.45) is 5.92 Å². The number of carbonyl (C=O) groups excluding carboxylic acids is 1. The van der Waals surface area contributed by atoms with Crippen LogP contribution in [0.3, 0.4) is 0 Å². The van der Waals surface area contributed by atoms with Crippen molar-refractivity contribution in [3.8, 4) is 0 Å². The van der Waals surface area contributed by atoms with Crippen LogP contribution in [0.1, 0.15) is 23.9 Å². The molecule has 2 aromatic rings. The third-order valence-electron chi connectivity index (χ3n) is 3.80. The third kappa shape index (κ3) is 3.59. The van der Waals surface area contributed by atoms with Gasteiger partial charge in [-0.05, 0) is 49.7 Å². The van der Waals surface area contributed by atoms with Crippen molar-refractivity contribution in [2.75, 3.05) is 13.1 Å². The Bertz CT molecular complexity index is 644. The minimum atomic E-state index is -0.129. The predicted molar refractivity (Wildman–Crippen MR) is 89.1 cm³/mol. The summed E-state index contributed by atoms with van der Waals surface area (Å²) in [6.45, 7) is 4.03. The van der Waals surface area contributed by atoms with Crippen LogP contribution in [0.25, 0.3) is 11.0 Å². The molecule has 4 nitrogen and oxygen atoms in total. The highest BCUT2D eigenvalue weighted by Crippen LogP contribution is 2.23. The van der Waals surface area contributed by atoms with Crippen LogP contribution in [0.2, 0.25) is 0 Å². The number of hydrogen-bond donors (Lipinski definition) is 2. The van der Waals surface area contributed by atoms with Crippen molar-refractivity contribution in [1.29, 1.82) is 0 Å². The summed E-state index contributed by atoms with van der Waals surface area (Å²) in [4.78, 5) is 12.3. The highest BCUT2D eigenvalue weighted by molar-refractivity contribution is 9.10. The first kappa shape index (κ1) is 16.3. The molecule has 0 radical (unpaired) electrons. The summed E-state index contributed by atoms with van der Waals surface area (Å²) in [5.41, 5.74) is 0.733. The summed E-state index contributed by atoms with van der Waals surface area (Å²) in [5.74, 6) is 0.686. The molecule has 114 valence electrons. The lowest BCUT2D eigenvalue weighted by Gasteiger charge is -2.29. The van der Waals surface area contributed by atoms with E-state index in [4.69, 9.17) is 4.42 Å². The van der Waals surface area contributed by atoms with Gasteiger partial charge < -0.3 is 15.1 Å². The topological polar surface area (TPSA) is 54.3 Å². The predicted octanol–water partition coefficient (Wildman–Crippen LogP) is 3.34. The molecular weight excluding hydrogens is 356 g/mol. The van der Waals surface area contributed by atoms with Gasteiger partial charge in [-0.2, -0.15) is 0 Å². The van der Waals surface area contributed by atoms with E-state index in [0.29, 0.717) is 11.7 Å². The Hall–Kier alpha value is -1.04.